The zero-order chi connectivity index (χ0) is 18.7. The largest absolute Gasteiger partial charge is 0.377 e. The minimum Gasteiger partial charge on any atom is -0.377 e. The van der Waals surface area contributed by atoms with Crippen molar-refractivity contribution in [3.05, 3.63) is 71.8 Å². The van der Waals surface area contributed by atoms with Gasteiger partial charge >= 0.3 is 0 Å². The summed E-state index contributed by atoms with van der Waals surface area (Å²) in [7, 11) is 0. The van der Waals surface area contributed by atoms with Crippen molar-refractivity contribution in [2.24, 2.45) is 5.41 Å². The van der Waals surface area contributed by atoms with Crippen LogP contribution in [0, 0.1) is 5.41 Å². The molecule has 0 unspecified atom stereocenters. The molecule has 2 aromatic rings. The summed E-state index contributed by atoms with van der Waals surface area (Å²) in [6.07, 6.45) is 5.99. The van der Waals surface area contributed by atoms with Gasteiger partial charge in [0.2, 0.25) is 0 Å². The van der Waals surface area contributed by atoms with E-state index in [1.54, 1.807) is 6.92 Å². The molecule has 0 radical (unpaired) electrons. The number of aryl methyl sites for hydroxylation is 1. The number of hydrogen-bond donors (Lipinski definition) is 0. The van der Waals surface area contributed by atoms with Crippen molar-refractivity contribution < 1.29 is 9.53 Å². The van der Waals surface area contributed by atoms with Crippen molar-refractivity contribution in [1.29, 1.82) is 0 Å². The molecule has 0 aliphatic carbocycles. The van der Waals surface area contributed by atoms with E-state index in [0.717, 1.165) is 38.7 Å². The fourth-order valence-corrected chi connectivity index (χ4v) is 3.51. The number of carbonyl (C=O) groups is 1. The van der Waals surface area contributed by atoms with Crippen LogP contribution in [0.2, 0.25) is 0 Å². The Bertz CT molecular complexity index is 636. The van der Waals surface area contributed by atoms with Crippen molar-refractivity contribution in [3.63, 3.8) is 0 Å². The first-order chi connectivity index (χ1) is 12.6. The van der Waals surface area contributed by atoms with Crippen LogP contribution in [0.25, 0.3) is 0 Å². The van der Waals surface area contributed by atoms with Crippen molar-refractivity contribution in [3.8, 4) is 0 Å². The van der Waals surface area contributed by atoms with E-state index >= 15 is 0 Å². The van der Waals surface area contributed by atoms with Crippen LogP contribution < -0.4 is 0 Å². The van der Waals surface area contributed by atoms with Gasteiger partial charge in [0.1, 0.15) is 5.78 Å². The van der Waals surface area contributed by atoms with Crippen molar-refractivity contribution >= 4 is 5.78 Å². The molecule has 2 aromatic carbocycles. The summed E-state index contributed by atoms with van der Waals surface area (Å²) in [5.74, 6) is 0.292. The van der Waals surface area contributed by atoms with E-state index in [1.165, 1.54) is 11.1 Å². The molecule has 0 bridgehead atoms. The molecule has 140 valence electrons. The summed E-state index contributed by atoms with van der Waals surface area (Å²) in [4.78, 5) is 11.7. The molecule has 0 saturated carbocycles. The highest BCUT2D eigenvalue weighted by Crippen LogP contribution is 2.34. The fraction of sp³-hybridized carbons (Fsp3) is 0.458. The van der Waals surface area contributed by atoms with Gasteiger partial charge in [-0.1, -0.05) is 74.0 Å². The molecule has 26 heavy (non-hydrogen) atoms. The molecule has 0 fully saturated rings. The smallest absolute Gasteiger partial charge is 0.130 e. The maximum atomic E-state index is 11.7. The van der Waals surface area contributed by atoms with E-state index in [1.807, 2.05) is 24.3 Å². The Morgan fingerprint density at radius 2 is 1.50 bits per heavy atom. The zero-order valence-corrected chi connectivity index (χ0v) is 16.2. The summed E-state index contributed by atoms with van der Waals surface area (Å²) < 4.78 is 5.78. The Balaban J connectivity index is 1.71. The van der Waals surface area contributed by atoms with Crippen LogP contribution >= 0.6 is 0 Å². The second kappa shape index (κ2) is 10.9. The first-order valence-corrected chi connectivity index (χ1v) is 9.72. The third kappa shape index (κ3) is 7.97. The highest BCUT2D eigenvalue weighted by molar-refractivity contribution is 5.76. The Morgan fingerprint density at radius 1 is 0.885 bits per heavy atom. The van der Waals surface area contributed by atoms with Gasteiger partial charge in [-0.15, -0.1) is 0 Å². The number of ketones is 1. The molecule has 2 rings (SSSR count). The third-order valence-electron chi connectivity index (χ3n) is 4.97. The molecule has 0 heterocycles. The fourth-order valence-electron chi connectivity index (χ4n) is 3.51. The second-order valence-electron chi connectivity index (χ2n) is 7.67. The second-order valence-corrected chi connectivity index (χ2v) is 7.67. The number of ether oxygens (including phenoxy) is 1. The Hall–Kier alpha value is -1.93. The van der Waals surface area contributed by atoms with Gasteiger partial charge in [-0.05, 0) is 49.1 Å². The lowest BCUT2D eigenvalue weighted by Crippen LogP contribution is -2.21. The summed E-state index contributed by atoms with van der Waals surface area (Å²) >= 11 is 0. The number of unbranched alkanes of at least 4 members (excludes halogenated alkanes) is 1. The Morgan fingerprint density at radius 3 is 2.12 bits per heavy atom. The van der Waals surface area contributed by atoms with E-state index in [2.05, 4.69) is 43.3 Å². The van der Waals surface area contributed by atoms with Crippen molar-refractivity contribution in [1.82, 2.24) is 0 Å². The normalized spacial score (nSPS) is 13.3. The molecule has 0 saturated heterocycles. The minimum atomic E-state index is 0.0844. The molecule has 0 amide bonds. The van der Waals surface area contributed by atoms with Crippen LogP contribution in [0.15, 0.2) is 60.7 Å². The molecule has 0 N–H and O–H groups in total. The lowest BCUT2D eigenvalue weighted by atomic mass is 9.76. The zero-order valence-electron chi connectivity index (χ0n) is 16.2. The summed E-state index contributed by atoms with van der Waals surface area (Å²) in [5.41, 5.74) is 2.66. The van der Waals surface area contributed by atoms with Gasteiger partial charge in [0.15, 0.2) is 0 Å². The predicted octanol–water partition coefficient (Wildman–Crippen LogP) is 5.99. The summed E-state index contributed by atoms with van der Waals surface area (Å²) in [6.45, 7) is 5.44. The first kappa shape index (κ1) is 20.4. The highest BCUT2D eigenvalue weighted by atomic mass is 16.5. The monoisotopic (exact) mass is 352 g/mol. The van der Waals surface area contributed by atoms with E-state index in [4.69, 9.17) is 4.74 Å². The first-order valence-electron chi connectivity index (χ1n) is 9.72. The summed E-state index contributed by atoms with van der Waals surface area (Å²) in [5, 5.41) is 0. The Kier molecular flexibility index (Phi) is 8.57. The maximum absolute atomic E-state index is 11.7. The average Bonchev–Trinajstić information content (AvgIpc) is 2.64. The molecular weight excluding hydrogens is 320 g/mol. The highest BCUT2D eigenvalue weighted by Gasteiger charge is 2.25. The van der Waals surface area contributed by atoms with E-state index < -0.39 is 0 Å². The molecule has 0 spiro atoms. The lowest BCUT2D eigenvalue weighted by molar-refractivity contribution is -0.119. The number of hydrogen-bond acceptors (Lipinski definition) is 2. The molecule has 2 heteroatoms. The van der Waals surface area contributed by atoms with Gasteiger partial charge in [0.05, 0.1) is 6.61 Å². The van der Waals surface area contributed by atoms with Crippen molar-refractivity contribution in [2.75, 3.05) is 6.61 Å². The van der Waals surface area contributed by atoms with Gasteiger partial charge in [0, 0.05) is 13.0 Å². The third-order valence-corrected chi connectivity index (χ3v) is 4.97. The number of rotatable bonds is 12. The quantitative estimate of drug-likeness (QED) is 0.438. The number of carbonyl (C=O) groups excluding carboxylic acids is 1. The van der Waals surface area contributed by atoms with Crippen molar-refractivity contribution in [2.45, 2.75) is 59.0 Å². The molecule has 2 nitrogen and oxygen atoms in total. The number of benzene rings is 2. The lowest BCUT2D eigenvalue weighted by Gasteiger charge is -2.29. The van der Waals surface area contributed by atoms with Gasteiger partial charge in [-0.25, -0.2) is 0 Å². The Labute approximate surface area is 158 Å². The predicted molar refractivity (Wildman–Crippen MR) is 108 cm³/mol. The molecular formula is C24H32O2. The van der Waals surface area contributed by atoms with Crippen LogP contribution in [0.1, 0.15) is 57.1 Å². The molecule has 0 aliphatic heterocycles. The number of Topliss-reactive ketones (excluding diaryl/α,β-unsaturated/α-hetero) is 1. The van der Waals surface area contributed by atoms with Gasteiger partial charge < -0.3 is 9.53 Å². The van der Waals surface area contributed by atoms with Crippen LogP contribution in [0.4, 0.5) is 0 Å². The maximum Gasteiger partial charge on any atom is 0.130 e. The van der Waals surface area contributed by atoms with E-state index in [0.29, 0.717) is 18.8 Å². The van der Waals surface area contributed by atoms with Crippen LogP contribution in [-0.4, -0.2) is 12.4 Å². The van der Waals surface area contributed by atoms with Gasteiger partial charge in [-0.3, -0.25) is 0 Å². The molecule has 0 aromatic heterocycles. The average molecular weight is 353 g/mol. The van der Waals surface area contributed by atoms with Crippen LogP contribution in [0.3, 0.4) is 0 Å². The standard InChI is InChI=1S/C24H32O2/c1-21(25)19-24(2,17-15-22-11-5-3-6-12-22)16-9-10-18-26-20-23-13-7-4-8-14-23/h3-8,11-14H,9-10,15-20H2,1-2H3/t24-/m1/s1. The van der Waals surface area contributed by atoms with Crippen LogP contribution in [0.5, 0.6) is 0 Å². The topological polar surface area (TPSA) is 26.3 Å². The van der Waals surface area contributed by atoms with Crippen LogP contribution in [-0.2, 0) is 22.6 Å². The molecule has 1 atom stereocenters. The van der Waals surface area contributed by atoms with Gasteiger partial charge in [-0.2, -0.15) is 0 Å². The minimum absolute atomic E-state index is 0.0844. The SMILES string of the molecule is CC(=O)C[C@](C)(CCCCOCc1ccccc1)CCc1ccccc1. The van der Waals surface area contributed by atoms with E-state index in [9.17, 15) is 4.79 Å². The summed E-state index contributed by atoms with van der Waals surface area (Å²) in [6, 6.07) is 20.8. The van der Waals surface area contributed by atoms with E-state index in [-0.39, 0.29) is 5.41 Å². The molecule has 0 aliphatic rings. The van der Waals surface area contributed by atoms with Gasteiger partial charge in [0.25, 0.3) is 0 Å².